The lowest BCUT2D eigenvalue weighted by Crippen LogP contribution is -2.56. The fraction of sp³-hybridized carbons (Fsp3) is 0.909. The maximum absolute atomic E-state index is 11.3. The summed E-state index contributed by atoms with van der Waals surface area (Å²) in [7, 11) is 0. The number of nitrogens with zero attached hydrogens (tertiary/aromatic N) is 1. The molecule has 2 fully saturated rings. The average molecular weight is 196 g/mol. The van der Waals surface area contributed by atoms with Gasteiger partial charge in [0.05, 0.1) is 0 Å². The van der Waals surface area contributed by atoms with Crippen molar-refractivity contribution in [3.05, 3.63) is 0 Å². The summed E-state index contributed by atoms with van der Waals surface area (Å²) >= 11 is 0. The van der Waals surface area contributed by atoms with Crippen molar-refractivity contribution in [2.24, 2.45) is 5.92 Å². The molecule has 1 heterocycles. The molecule has 0 bridgehead atoms. The van der Waals surface area contributed by atoms with Crippen LogP contribution in [-0.4, -0.2) is 36.0 Å². The molecule has 0 radical (unpaired) electrons. The van der Waals surface area contributed by atoms with Gasteiger partial charge < -0.3 is 10.2 Å². The lowest BCUT2D eigenvalue weighted by molar-refractivity contribution is -0.130. The second-order valence-corrected chi connectivity index (χ2v) is 4.87. The van der Waals surface area contributed by atoms with Crippen LogP contribution in [0.5, 0.6) is 0 Å². The van der Waals surface area contributed by atoms with E-state index < -0.39 is 0 Å². The Morgan fingerprint density at radius 2 is 2.14 bits per heavy atom. The third kappa shape index (κ3) is 2.47. The molecule has 2 rings (SSSR count). The molecule has 3 heteroatoms. The molecule has 0 aromatic rings. The highest BCUT2D eigenvalue weighted by Gasteiger charge is 2.30. The zero-order valence-electron chi connectivity index (χ0n) is 9.12. The van der Waals surface area contributed by atoms with Gasteiger partial charge in [-0.25, -0.2) is 0 Å². The fourth-order valence-corrected chi connectivity index (χ4v) is 2.33. The topological polar surface area (TPSA) is 32.3 Å². The number of rotatable bonds is 2. The van der Waals surface area contributed by atoms with Gasteiger partial charge in [-0.2, -0.15) is 0 Å². The Labute approximate surface area is 85.8 Å². The van der Waals surface area contributed by atoms with Crippen molar-refractivity contribution in [1.82, 2.24) is 10.2 Å². The molecule has 1 saturated heterocycles. The van der Waals surface area contributed by atoms with E-state index in [1.54, 1.807) is 6.92 Å². The summed E-state index contributed by atoms with van der Waals surface area (Å²) in [6.45, 7) is 5.62. The molecule has 1 aliphatic heterocycles. The SMILES string of the molecule is CC(=O)N1CC(C)NC(CC2CC2)C1. The number of piperazine rings is 1. The van der Waals surface area contributed by atoms with Crippen molar-refractivity contribution < 1.29 is 4.79 Å². The zero-order chi connectivity index (χ0) is 10.1. The van der Waals surface area contributed by atoms with Crippen LogP contribution in [0, 0.1) is 5.92 Å². The van der Waals surface area contributed by atoms with E-state index in [9.17, 15) is 4.79 Å². The Bertz CT molecular complexity index is 223. The van der Waals surface area contributed by atoms with Crippen LogP contribution in [-0.2, 0) is 4.79 Å². The van der Waals surface area contributed by atoms with E-state index in [2.05, 4.69) is 12.2 Å². The van der Waals surface area contributed by atoms with Crippen molar-refractivity contribution >= 4 is 5.91 Å². The first kappa shape index (κ1) is 9.97. The molecule has 14 heavy (non-hydrogen) atoms. The van der Waals surface area contributed by atoms with Crippen molar-refractivity contribution in [3.63, 3.8) is 0 Å². The van der Waals surface area contributed by atoms with Gasteiger partial charge in [-0.15, -0.1) is 0 Å². The van der Waals surface area contributed by atoms with Gasteiger partial charge in [-0.1, -0.05) is 12.8 Å². The highest BCUT2D eigenvalue weighted by molar-refractivity contribution is 5.73. The van der Waals surface area contributed by atoms with Crippen LogP contribution in [0.2, 0.25) is 0 Å². The first-order chi connectivity index (χ1) is 6.65. The summed E-state index contributed by atoms with van der Waals surface area (Å²) < 4.78 is 0. The Morgan fingerprint density at radius 1 is 1.43 bits per heavy atom. The second kappa shape index (κ2) is 3.89. The molecule has 1 amide bonds. The molecule has 1 saturated carbocycles. The summed E-state index contributed by atoms with van der Waals surface area (Å²) in [6.07, 6.45) is 4.05. The predicted octanol–water partition coefficient (Wildman–Crippen LogP) is 0.995. The van der Waals surface area contributed by atoms with Crippen LogP contribution in [0.3, 0.4) is 0 Å². The first-order valence-corrected chi connectivity index (χ1v) is 5.66. The van der Waals surface area contributed by atoms with Crippen LogP contribution in [0.15, 0.2) is 0 Å². The third-order valence-corrected chi connectivity index (χ3v) is 3.22. The lowest BCUT2D eigenvalue weighted by atomic mass is 10.0. The lowest BCUT2D eigenvalue weighted by Gasteiger charge is -2.37. The largest absolute Gasteiger partial charge is 0.340 e. The van der Waals surface area contributed by atoms with Gasteiger partial charge >= 0.3 is 0 Å². The minimum atomic E-state index is 0.221. The van der Waals surface area contributed by atoms with Crippen LogP contribution < -0.4 is 5.32 Å². The summed E-state index contributed by atoms with van der Waals surface area (Å²) in [5.74, 6) is 1.16. The molecule has 1 N–H and O–H groups in total. The molecule has 0 aromatic carbocycles. The quantitative estimate of drug-likeness (QED) is 0.714. The standard InChI is InChI=1S/C11H20N2O/c1-8-6-13(9(2)14)7-11(12-8)5-10-3-4-10/h8,10-12H,3-7H2,1-2H3. The van der Waals surface area contributed by atoms with Gasteiger partial charge in [-0.05, 0) is 19.3 Å². The van der Waals surface area contributed by atoms with E-state index >= 15 is 0 Å². The molecule has 1 aliphatic carbocycles. The summed E-state index contributed by atoms with van der Waals surface area (Å²) in [5.41, 5.74) is 0. The number of nitrogens with one attached hydrogen (secondary N) is 1. The van der Waals surface area contributed by atoms with Gasteiger partial charge in [0, 0.05) is 32.1 Å². The molecule has 0 aromatic heterocycles. The van der Waals surface area contributed by atoms with E-state index in [-0.39, 0.29) is 5.91 Å². The van der Waals surface area contributed by atoms with Crippen molar-refractivity contribution in [1.29, 1.82) is 0 Å². The van der Waals surface area contributed by atoms with Crippen LogP contribution in [0.25, 0.3) is 0 Å². The van der Waals surface area contributed by atoms with Gasteiger partial charge in [0.2, 0.25) is 5.91 Å². The van der Waals surface area contributed by atoms with Crippen LogP contribution >= 0.6 is 0 Å². The molecule has 3 nitrogen and oxygen atoms in total. The van der Waals surface area contributed by atoms with Gasteiger partial charge in [0.15, 0.2) is 0 Å². The number of hydrogen-bond donors (Lipinski definition) is 1. The smallest absolute Gasteiger partial charge is 0.219 e. The summed E-state index contributed by atoms with van der Waals surface area (Å²) in [4.78, 5) is 13.3. The number of carbonyl (C=O) groups excluding carboxylic acids is 1. The van der Waals surface area contributed by atoms with E-state index in [0.29, 0.717) is 12.1 Å². The number of hydrogen-bond acceptors (Lipinski definition) is 2. The van der Waals surface area contributed by atoms with E-state index in [1.165, 1.54) is 19.3 Å². The van der Waals surface area contributed by atoms with Gasteiger partial charge in [-0.3, -0.25) is 4.79 Å². The first-order valence-electron chi connectivity index (χ1n) is 5.66. The maximum Gasteiger partial charge on any atom is 0.219 e. The average Bonchev–Trinajstić information content (AvgIpc) is 2.87. The molecule has 2 aliphatic rings. The minimum Gasteiger partial charge on any atom is -0.340 e. The van der Waals surface area contributed by atoms with Gasteiger partial charge in [0.25, 0.3) is 0 Å². The summed E-state index contributed by atoms with van der Waals surface area (Å²) in [6, 6.07) is 0.992. The van der Waals surface area contributed by atoms with E-state index in [0.717, 1.165) is 19.0 Å². The Hall–Kier alpha value is -0.570. The molecule has 2 unspecified atom stereocenters. The zero-order valence-corrected chi connectivity index (χ0v) is 9.12. The van der Waals surface area contributed by atoms with Crippen molar-refractivity contribution in [2.75, 3.05) is 13.1 Å². The number of carbonyl (C=O) groups is 1. The number of amides is 1. The second-order valence-electron chi connectivity index (χ2n) is 4.87. The van der Waals surface area contributed by atoms with Crippen molar-refractivity contribution in [2.45, 2.75) is 45.2 Å². The molecule has 2 atom stereocenters. The molecular weight excluding hydrogens is 176 g/mol. The molecule has 0 spiro atoms. The normalized spacial score (nSPS) is 33.1. The van der Waals surface area contributed by atoms with Crippen molar-refractivity contribution in [3.8, 4) is 0 Å². The highest BCUT2D eigenvalue weighted by Crippen LogP contribution is 2.34. The predicted molar refractivity (Wildman–Crippen MR) is 56.0 cm³/mol. The monoisotopic (exact) mass is 196 g/mol. The Morgan fingerprint density at radius 3 is 2.71 bits per heavy atom. The molecule has 80 valence electrons. The maximum atomic E-state index is 11.3. The Balaban J connectivity index is 1.87. The minimum absolute atomic E-state index is 0.221. The highest BCUT2D eigenvalue weighted by atomic mass is 16.2. The third-order valence-electron chi connectivity index (χ3n) is 3.22. The van der Waals surface area contributed by atoms with Crippen LogP contribution in [0.1, 0.15) is 33.1 Å². The van der Waals surface area contributed by atoms with E-state index in [1.807, 2.05) is 4.90 Å². The van der Waals surface area contributed by atoms with E-state index in [4.69, 9.17) is 0 Å². The summed E-state index contributed by atoms with van der Waals surface area (Å²) in [5, 5.41) is 3.58. The van der Waals surface area contributed by atoms with Gasteiger partial charge in [0.1, 0.15) is 0 Å². The fourth-order valence-electron chi connectivity index (χ4n) is 2.33. The Kier molecular flexibility index (Phi) is 2.77. The molecular formula is C11H20N2O. The van der Waals surface area contributed by atoms with Crippen LogP contribution in [0.4, 0.5) is 0 Å².